The molecule has 2 aromatic rings. The first-order valence-corrected chi connectivity index (χ1v) is 10.9. The van der Waals surface area contributed by atoms with Crippen molar-refractivity contribution in [2.45, 2.75) is 38.3 Å². The molecule has 5 nitrogen and oxygen atoms in total. The lowest BCUT2D eigenvalue weighted by Gasteiger charge is -2.58. The first-order valence-electron chi connectivity index (χ1n) is 10.9. The summed E-state index contributed by atoms with van der Waals surface area (Å²) in [6.07, 6.45) is 0.839. The van der Waals surface area contributed by atoms with E-state index in [4.69, 9.17) is 0 Å². The SMILES string of the molecule is CC(C)CC#Cc1ccc([C@@H]2[C@@H](CO)N3C(=O)CN(C(=O)c4cccc(F)c4)C[C@H]23)cc1. The molecule has 166 valence electrons. The van der Waals surface area contributed by atoms with Crippen LogP contribution in [0.1, 0.15) is 47.7 Å². The van der Waals surface area contributed by atoms with Crippen LogP contribution in [0.25, 0.3) is 0 Å². The first-order chi connectivity index (χ1) is 15.4. The van der Waals surface area contributed by atoms with Gasteiger partial charge in [-0.05, 0) is 41.8 Å². The van der Waals surface area contributed by atoms with Crippen LogP contribution in [-0.2, 0) is 4.79 Å². The molecule has 2 fully saturated rings. The number of piperazine rings is 1. The lowest BCUT2D eigenvalue weighted by atomic mass is 9.73. The van der Waals surface area contributed by atoms with Crippen molar-refractivity contribution in [2.24, 2.45) is 5.92 Å². The number of benzene rings is 2. The summed E-state index contributed by atoms with van der Waals surface area (Å²) in [7, 11) is 0. The van der Waals surface area contributed by atoms with E-state index in [0.29, 0.717) is 12.5 Å². The molecular formula is C26H27FN2O3. The maximum absolute atomic E-state index is 13.6. The smallest absolute Gasteiger partial charge is 0.254 e. The van der Waals surface area contributed by atoms with E-state index in [1.54, 1.807) is 11.0 Å². The number of halogens is 1. The second-order valence-corrected chi connectivity index (χ2v) is 8.86. The standard InChI is InChI=1S/C26H27FN2O3/c1-17(2)5-3-6-18-9-11-19(12-10-18)25-22-14-28(15-24(31)29(22)23(25)16-30)26(32)20-7-4-8-21(27)13-20/h4,7-13,17,22-23,25,30H,5,14-16H2,1-2H3/t22-,23-,25+/m1/s1. The Morgan fingerprint density at radius 3 is 2.62 bits per heavy atom. The van der Waals surface area contributed by atoms with Crippen LogP contribution >= 0.6 is 0 Å². The molecule has 0 spiro atoms. The van der Waals surface area contributed by atoms with Gasteiger partial charge in [0.25, 0.3) is 5.91 Å². The highest BCUT2D eigenvalue weighted by Gasteiger charge is 2.54. The van der Waals surface area contributed by atoms with E-state index in [-0.39, 0.29) is 48.5 Å². The third kappa shape index (κ3) is 4.26. The van der Waals surface area contributed by atoms with Crippen LogP contribution in [0.2, 0.25) is 0 Å². The third-order valence-corrected chi connectivity index (χ3v) is 6.15. The molecule has 0 radical (unpaired) electrons. The van der Waals surface area contributed by atoms with Crippen LogP contribution < -0.4 is 0 Å². The zero-order valence-corrected chi connectivity index (χ0v) is 18.3. The number of rotatable bonds is 4. The van der Waals surface area contributed by atoms with E-state index in [1.807, 2.05) is 24.3 Å². The second-order valence-electron chi connectivity index (χ2n) is 8.86. The van der Waals surface area contributed by atoms with Gasteiger partial charge in [0, 0.05) is 30.0 Å². The van der Waals surface area contributed by atoms with E-state index < -0.39 is 5.82 Å². The molecule has 1 N–H and O–H groups in total. The van der Waals surface area contributed by atoms with Crippen molar-refractivity contribution in [1.29, 1.82) is 0 Å². The lowest BCUT2D eigenvalue weighted by Crippen LogP contribution is -2.73. The summed E-state index contributed by atoms with van der Waals surface area (Å²) in [4.78, 5) is 28.8. The fraction of sp³-hybridized carbons (Fsp3) is 0.385. The maximum atomic E-state index is 13.6. The van der Waals surface area contributed by atoms with Gasteiger partial charge in [-0.3, -0.25) is 9.59 Å². The number of amides is 2. The van der Waals surface area contributed by atoms with Gasteiger partial charge in [-0.15, -0.1) is 0 Å². The Morgan fingerprint density at radius 1 is 1.22 bits per heavy atom. The first kappa shape index (κ1) is 22.0. The quantitative estimate of drug-likeness (QED) is 0.753. The fourth-order valence-corrected chi connectivity index (χ4v) is 4.60. The predicted octanol–water partition coefficient (Wildman–Crippen LogP) is 3.03. The Balaban J connectivity index is 1.53. The number of aliphatic hydroxyl groups is 1. The summed E-state index contributed by atoms with van der Waals surface area (Å²) in [5.74, 6) is 5.74. The summed E-state index contributed by atoms with van der Waals surface area (Å²) in [6.45, 7) is 4.39. The monoisotopic (exact) mass is 434 g/mol. The average molecular weight is 435 g/mol. The molecule has 4 rings (SSSR count). The summed E-state index contributed by atoms with van der Waals surface area (Å²) in [5, 5.41) is 9.94. The van der Waals surface area contributed by atoms with E-state index in [9.17, 15) is 19.1 Å². The molecular weight excluding hydrogens is 407 g/mol. The highest BCUT2D eigenvalue weighted by Crippen LogP contribution is 2.43. The number of carbonyl (C=O) groups excluding carboxylic acids is 2. The topological polar surface area (TPSA) is 60.9 Å². The summed E-state index contributed by atoms with van der Waals surface area (Å²) in [5.41, 5.74) is 2.16. The van der Waals surface area contributed by atoms with Crippen molar-refractivity contribution in [3.8, 4) is 11.8 Å². The Bertz CT molecular complexity index is 1070. The maximum Gasteiger partial charge on any atom is 0.254 e. The molecule has 2 amide bonds. The van der Waals surface area contributed by atoms with Gasteiger partial charge in [-0.25, -0.2) is 4.39 Å². The lowest BCUT2D eigenvalue weighted by molar-refractivity contribution is -0.159. The molecule has 2 heterocycles. The van der Waals surface area contributed by atoms with Gasteiger partial charge in [0.05, 0.1) is 18.7 Å². The molecule has 0 aromatic heterocycles. The average Bonchev–Trinajstić information content (AvgIpc) is 2.75. The van der Waals surface area contributed by atoms with Crippen molar-refractivity contribution >= 4 is 11.8 Å². The molecule has 0 unspecified atom stereocenters. The van der Waals surface area contributed by atoms with Gasteiger partial charge in [0.15, 0.2) is 0 Å². The summed E-state index contributed by atoms with van der Waals surface area (Å²) in [6, 6.07) is 12.9. The predicted molar refractivity (Wildman–Crippen MR) is 119 cm³/mol. The van der Waals surface area contributed by atoms with Gasteiger partial charge in [-0.1, -0.05) is 43.9 Å². The largest absolute Gasteiger partial charge is 0.394 e. The zero-order chi connectivity index (χ0) is 22.8. The minimum absolute atomic E-state index is 0.0700. The van der Waals surface area contributed by atoms with Crippen molar-refractivity contribution < 1.29 is 19.1 Å². The molecule has 6 heteroatoms. The van der Waals surface area contributed by atoms with Crippen molar-refractivity contribution in [3.63, 3.8) is 0 Å². The van der Waals surface area contributed by atoms with E-state index >= 15 is 0 Å². The van der Waals surface area contributed by atoms with Gasteiger partial charge in [0.1, 0.15) is 12.4 Å². The van der Waals surface area contributed by atoms with Crippen LogP contribution in [0.4, 0.5) is 4.39 Å². The van der Waals surface area contributed by atoms with Gasteiger partial charge in [0.2, 0.25) is 5.91 Å². The highest BCUT2D eigenvalue weighted by atomic mass is 19.1. The summed E-state index contributed by atoms with van der Waals surface area (Å²) < 4.78 is 13.6. The van der Waals surface area contributed by atoms with E-state index in [1.165, 1.54) is 23.1 Å². The molecule has 32 heavy (non-hydrogen) atoms. The molecule has 0 saturated carbocycles. The zero-order valence-electron chi connectivity index (χ0n) is 18.3. The van der Waals surface area contributed by atoms with Crippen LogP contribution in [0.3, 0.4) is 0 Å². The third-order valence-electron chi connectivity index (χ3n) is 6.15. The molecule has 3 atom stereocenters. The number of aliphatic hydroxyl groups excluding tert-OH is 1. The van der Waals surface area contributed by atoms with Crippen LogP contribution in [-0.4, -0.2) is 58.5 Å². The van der Waals surface area contributed by atoms with Gasteiger partial charge < -0.3 is 14.9 Å². The Hall–Kier alpha value is -3.17. The minimum Gasteiger partial charge on any atom is -0.394 e. The second kappa shape index (κ2) is 9.13. The van der Waals surface area contributed by atoms with Crippen LogP contribution in [0, 0.1) is 23.6 Å². The van der Waals surface area contributed by atoms with Crippen LogP contribution in [0.15, 0.2) is 48.5 Å². The fourth-order valence-electron chi connectivity index (χ4n) is 4.60. The Labute approximate surface area is 187 Å². The van der Waals surface area contributed by atoms with Gasteiger partial charge in [-0.2, -0.15) is 0 Å². The molecule has 2 aliphatic heterocycles. The van der Waals surface area contributed by atoms with E-state index in [2.05, 4.69) is 25.7 Å². The molecule has 2 aromatic carbocycles. The van der Waals surface area contributed by atoms with Crippen molar-refractivity contribution in [2.75, 3.05) is 19.7 Å². The molecule has 2 saturated heterocycles. The van der Waals surface area contributed by atoms with Crippen LogP contribution in [0.5, 0.6) is 0 Å². The van der Waals surface area contributed by atoms with E-state index in [0.717, 1.165) is 17.5 Å². The van der Waals surface area contributed by atoms with Gasteiger partial charge >= 0.3 is 0 Å². The molecule has 2 aliphatic rings. The number of fused-ring (bicyclic) bond motifs is 1. The minimum atomic E-state index is -0.487. The highest BCUT2D eigenvalue weighted by molar-refractivity contribution is 5.97. The number of hydrogen-bond acceptors (Lipinski definition) is 3. The molecule has 0 aliphatic carbocycles. The normalized spacial score (nSPS) is 22.2. The number of carbonyl (C=O) groups is 2. The number of hydrogen-bond donors (Lipinski definition) is 1. The summed E-state index contributed by atoms with van der Waals surface area (Å²) >= 11 is 0. The Kier molecular flexibility index (Phi) is 6.29. The van der Waals surface area contributed by atoms with Crippen molar-refractivity contribution in [3.05, 3.63) is 71.0 Å². The number of nitrogens with zero attached hydrogens (tertiary/aromatic N) is 2. The van der Waals surface area contributed by atoms with Crippen molar-refractivity contribution in [1.82, 2.24) is 9.80 Å². The molecule has 0 bridgehead atoms. The Morgan fingerprint density at radius 2 is 1.97 bits per heavy atom.